The first kappa shape index (κ1) is 23.0. The quantitative estimate of drug-likeness (QED) is 0.542. The van der Waals surface area contributed by atoms with Crippen molar-refractivity contribution in [1.29, 1.82) is 0 Å². The summed E-state index contributed by atoms with van der Waals surface area (Å²) in [6.07, 6.45) is 4.41. The molecule has 1 unspecified atom stereocenters. The minimum atomic E-state index is -0.299. The fourth-order valence-electron chi connectivity index (χ4n) is 4.47. The monoisotopic (exact) mass is 439 g/mol. The zero-order chi connectivity index (χ0) is 23.0. The van der Waals surface area contributed by atoms with E-state index in [2.05, 4.69) is 63.7 Å². The number of benzene rings is 3. The zero-order valence-corrected chi connectivity index (χ0v) is 19.6. The molecule has 3 aromatic carbocycles. The first-order valence-electron chi connectivity index (χ1n) is 11.7. The number of rotatable bonds is 7. The summed E-state index contributed by atoms with van der Waals surface area (Å²) < 4.78 is 0. The molecule has 0 bridgehead atoms. The first-order valence-corrected chi connectivity index (χ1v) is 11.7. The van der Waals surface area contributed by atoms with E-state index < -0.39 is 0 Å². The van der Waals surface area contributed by atoms with E-state index in [1.165, 1.54) is 5.56 Å². The fourth-order valence-corrected chi connectivity index (χ4v) is 4.47. The topological polar surface area (TPSA) is 35.6 Å². The highest BCUT2D eigenvalue weighted by Gasteiger charge is 2.30. The number of anilines is 1. The smallest absolute Gasteiger partial charge is 0.246 e. The molecule has 1 atom stereocenters. The van der Waals surface area contributed by atoms with Gasteiger partial charge < -0.3 is 5.32 Å². The molecule has 4 nitrogen and oxygen atoms in total. The molecule has 3 aromatic rings. The lowest BCUT2D eigenvalue weighted by Crippen LogP contribution is -2.50. The van der Waals surface area contributed by atoms with Crippen LogP contribution in [-0.4, -0.2) is 48.4 Å². The number of piperazine rings is 1. The number of para-hydroxylation sites is 1. The maximum atomic E-state index is 13.5. The molecule has 1 N–H and O–H groups in total. The van der Waals surface area contributed by atoms with Crippen LogP contribution in [0.2, 0.25) is 0 Å². The van der Waals surface area contributed by atoms with Crippen molar-refractivity contribution in [2.24, 2.45) is 0 Å². The third kappa shape index (κ3) is 5.98. The van der Waals surface area contributed by atoms with Crippen LogP contribution in [0.3, 0.4) is 0 Å². The number of hydrogen-bond donors (Lipinski definition) is 1. The van der Waals surface area contributed by atoms with Crippen molar-refractivity contribution >= 4 is 17.7 Å². The van der Waals surface area contributed by atoms with Crippen molar-refractivity contribution in [2.45, 2.75) is 19.9 Å². The Labute approximate surface area is 197 Å². The second kappa shape index (κ2) is 11.1. The van der Waals surface area contributed by atoms with E-state index in [0.717, 1.165) is 55.1 Å². The van der Waals surface area contributed by atoms with E-state index in [9.17, 15) is 4.79 Å². The molecule has 0 saturated carbocycles. The summed E-state index contributed by atoms with van der Waals surface area (Å²) in [5, 5.41) is 3.23. The lowest BCUT2D eigenvalue weighted by molar-refractivity contribution is -0.122. The third-order valence-electron chi connectivity index (χ3n) is 6.34. The number of nitrogens with one attached hydrogen (secondary N) is 1. The van der Waals surface area contributed by atoms with E-state index >= 15 is 0 Å². The van der Waals surface area contributed by atoms with Gasteiger partial charge in [-0.3, -0.25) is 14.6 Å². The van der Waals surface area contributed by atoms with Crippen molar-refractivity contribution in [3.8, 4) is 0 Å². The fraction of sp³-hybridized carbons (Fsp3) is 0.276. The van der Waals surface area contributed by atoms with Crippen LogP contribution < -0.4 is 5.32 Å². The van der Waals surface area contributed by atoms with E-state index in [1.54, 1.807) is 0 Å². The van der Waals surface area contributed by atoms with Crippen LogP contribution in [0.25, 0.3) is 6.08 Å². The molecule has 33 heavy (non-hydrogen) atoms. The number of aryl methyl sites for hydroxylation is 2. The Morgan fingerprint density at radius 3 is 2.09 bits per heavy atom. The highest BCUT2D eigenvalue weighted by atomic mass is 16.2. The van der Waals surface area contributed by atoms with Gasteiger partial charge in [-0.05, 0) is 36.1 Å². The summed E-state index contributed by atoms with van der Waals surface area (Å²) in [5.74, 6) is 0.0380. The van der Waals surface area contributed by atoms with Gasteiger partial charge in [0.25, 0.3) is 0 Å². The van der Waals surface area contributed by atoms with E-state index in [4.69, 9.17) is 0 Å². The first-order chi connectivity index (χ1) is 16.1. The largest absolute Gasteiger partial charge is 0.324 e. The van der Waals surface area contributed by atoms with Crippen LogP contribution >= 0.6 is 0 Å². The van der Waals surface area contributed by atoms with E-state index in [0.29, 0.717) is 0 Å². The van der Waals surface area contributed by atoms with Gasteiger partial charge in [0.2, 0.25) is 5.91 Å². The molecule has 4 heteroatoms. The molecule has 0 aromatic heterocycles. The van der Waals surface area contributed by atoms with Gasteiger partial charge in [-0.2, -0.15) is 0 Å². The van der Waals surface area contributed by atoms with Crippen LogP contribution in [0.1, 0.15) is 28.3 Å². The molecule has 0 spiro atoms. The number of carbonyl (C=O) groups is 1. The predicted octanol–water partition coefficient (Wildman–Crippen LogP) is 5.31. The van der Waals surface area contributed by atoms with Crippen LogP contribution in [-0.2, 0) is 4.79 Å². The van der Waals surface area contributed by atoms with E-state index in [-0.39, 0.29) is 11.9 Å². The number of amides is 1. The van der Waals surface area contributed by atoms with Crippen molar-refractivity contribution in [1.82, 2.24) is 9.80 Å². The SMILES string of the molecule is Cc1cccc(C)c1NC(=O)C(c1ccccc1)N1CCN(C/C=C/c2ccccc2)CC1. The molecule has 0 radical (unpaired) electrons. The normalized spacial score (nSPS) is 16.1. The summed E-state index contributed by atoms with van der Waals surface area (Å²) >= 11 is 0. The van der Waals surface area contributed by atoms with E-state index in [1.807, 2.05) is 56.3 Å². The Morgan fingerprint density at radius 1 is 0.848 bits per heavy atom. The number of nitrogens with zero attached hydrogens (tertiary/aromatic N) is 2. The van der Waals surface area contributed by atoms with Crippen LogP contribution in [0.5, 0.6) is 0 Å². The Hall–Kier alpha value is -3.21. The minimum absolute atomic E-state index is 0.0380. The van der Waals surface area contributed by atoms with Gasteiger partial charge in [-0.15, -0.1) is 0 Å². The average molecular weight is 440 g/mol. The Bertz CT molecular complexity index is 1050. The molecule has 0 aliphatic carbocycles. The minimum Gasteiger partial charge on any atom is -0.324 e. The summed E-state index contributed by atoms with van der Waals surface area (Å²) in [6.45, 7) is 8.62. The highest BCUT2D eigenvalue weighted by molar-refractivity contribution is 5.96. The van der Waals surface area contributed by atoms with Crippen molar-refractivity contribution in [3.05, 3.63) is 107 Å². The number of hydrogen-bond acceptors (Lipinski definition) is 3. The van der Waals surface area contributed by atoms with Crippen molar-refractivity contribution < 1.29 is 4.79 Å². The Balaban J connectivity index is 1.43. The van der Waals surface area contributed by atoms with Gasteiger partial charge in [0, 0.05) is 38.4 Å². The standard InChI is InChI=1S/C29H33N3O/c1-23-11-9-12-24(2)27(23)30-29(33)28(26-16-7-4-8-17-26)32-21-19-31(20-22-32)18-10-15-25-13-5-3-6-14-25/h3-17,28H,18-22H2,1-2H3,(H,30,33)/b15-10+. The summed E-state index contributed by atoms with van der Waals surface area (Å²) in [7, 11) is 0. The summed E-state index contributed by atoms with van der Waals surface area (Å²) in [5.41, 5.74) is 5.37. The molecule has 1 aliphatic rings. The van der Waals surface area contributed by atoms with Gasteiger partial charge >= 0.3 is 0 Å². The van der Waals surface area contributed by atoms with Crippen LogP contribution in [0.4, 0.5) is 5.69 Å². The molecule has 170 valence electrons. The third-order valence-corrected chi connectivity index (χ3v) is 6.34. The maximum absolute atomic E-state index is 13.5. The molecular weight excluding hydrogens is 406 g/mol. The molecule has 1 saturated heterocycles. The highest BCUT2D eigenvalue weighted by Crippen LogP contribution is 2.26. The Morgan fingerprint density at radius 2 is 1.45 bits per heavy atom. The Kier molecular flexibility index (Phi) is 7.71. The lowest BCUT2D eigenvalue weighted by Gasteiger charge is -2.38. The molecule has 1 aliphatic heterocycles. The second-order valence-corrected chi connectivity index (χ2v) is 8.72. The van der Waals surface area contributed by atoms with Crippen LogP contribution in [0, 0.1) is 13.8 Å². The summed E-state index contributed by atoms with van der Waals surface area (Å²) in [4.78, 5) is 18.3. The predicted molar refractivity (Wildman–Crippen MR) is 137 cm³/mol. The van der Waals surface area contributed by atoms with Crippen molar-refractivity contribution in [2.75, 3.05) is 38.0 Å². The van der Waals surface area contributed by atoms with Gasteiger partial charge in [0.15, 0.2) is 0 Å². The molecule has 1 amide bonds. The van der Waals surface area contributed by atoms with Crippen LogP contribution in [0.15, 0.2) is 84.9 Å². The van der Waals surface area contributed by atoms with Gasteiger partial charge in [-0.25, -0.2) is 0 Å². The molecular formula is C29H33N3O. The molecule has 4 rings (SSSR count). The van der Waals surface area contributed by atoms with Gasteiger partial charge in [-0.1, -0.05) is 91.0 Å². The summed E-state index contributed by atoms with van der Waals surface area (Å²) in [6, 6.07) is 26.4. The molecule has 1 fully saturated rings. The lowest BCUT2D eigenvalue weighted by atomic mass is 10.0. The second-order valence-electron chi connectivity index (χ2n) is 8.72. The zero-order valence-electron chi connectivity index (χ0n) is 19.6. The van der Waals surface area contributed by atoms with Crippen molar-refractivity contribution in [3.63, 3.8) is 0 Å². The number of carbonyl (C=O) groups excluding carboxylic acids is 1. The average Bonchev–Trinajstić information content (AvgIpc) is 2.84. The van der Waals surface area contributed by atoms with Gasteiger partial charge in [0.1, 0.15) is 6.04 Å². The molecule has 1 heterocycles. The van der Waals surface area contributed by atoms with Gasteiger partial charge in [0.05, 0.1) is 0 Å². The maximum Gasteiger partial charge on any atom is 0.246 e.